The molecule has 0 radical (unpaired) electrons. The van der Waals surface area contributed by atoms with Crippen LogP contribution in [0.25, 0.3) is 0 Å². The normalized spacial score (nSPS) is 16.9. The third-order valence-corrected chi connectivity index (χ3v) is 6.80. The van der Waals surface area contributed by atoms with Crippen LogP contribution in [0.2, 0.25) is 0 Å². The second-order valence-electron chi connectivity index (χ2n) is 6.82. The molecule has 0 unspecified atom stereocenters. The largest absolute Gasteiger partial charge is 0.281 e. The first-order valence-electron chi connectivity index (χ1n) is 8.74. The quantitative estimate of drug-likeness (QED) is 0.805. The summed E-state index contributed by atoms with van der Waals surface area (Å²) < 4.78 is 40.9. The van der Waals surface area contributed by atoms with Crippen LogP contribution in [0.4, 0.5) is 4.39 Å². The fourth-order valence-electron chi connectivity index (χ4n) is 3.26. The summed E-state index contributed by atoms with van der Waals surface area (Å²) in [5, 5.41) is 0. The zero-order valence-electron chi connectivity index (χ0n) is 15.1. The van der Waals surface area contributed by atoms with Gasteiger partial charge in [-0.05, 0) is 36.1 Å². The summed E-state index contributed by atoms with van der Waals surface area (Å²) in [6, 6.07) is 10.7. The van der Waals surface area contributed by atoms with Gasteiger partial charge in [0, 0.05) is 51.4 Å². The Morgan fingerprint density at radius 1 is 1.15 bits per heavy atom. The van der Waals surface area contributed by atoms with E-state index in [0.717, 1.165) is 24.1 Å². The van der Waals surface area contributed by atoms with Crippen molar-refractivity contribution in [1.29, 1.82) is 0 Å². The molecule has 0 aliphatic carbocycles. The van der Waals surface area contributed by atoms with Crippen molar-refractivity contribution in [1.82, 2.24) is 13.6 Å². The summed E-state index contributed by atoms with van der Waals surface area (Å²) in [6.07, 6.45) is 3.82. The minimum Gasteiger partial charge on any atom is -0.261 e. The number of pyridine rings is 1. The Hall–Kier alpha value is -1.83. The molecular formula is C19H24FN3O2S. The van der Waals surface area contributed by atoms with Crippen LogP contribution in [-0.4, -0.2) is 49.2 Å². The Labute approximate surface area is 154 Å². The van der Waals surface area contributed by atoms with E-state index in [1.165, 1.54) is 14.7 Å². The fraction of sp³-hybridized carbons (Fsp3) is 0.421. The van der Waals surface area contributed by atoms with Gasteiger partial charge in [-0.1, -0.05) is 24.3 Å². The molecule has 0 spiro atoms. The van der Waals surface area contributed by atoms with E-state index < -0.39 is 10.2 Å². The van der Waals surface area contributed by atoms with Gasteiger partial charge in [-0.2, -0.15) is 17.0 Å². The zero-order chi connectivity index (χ0) is 18.7. The number of rotatable bonds is 5. The van der Waals surface area contributed by atoms with E-state index in [2.05, 4.69) is 4.98 Å². The predicted octanol–water partition coefficient (Wildman–Crippen LogP) is 2.80. The van der Waals surface area contributed by atoms with Crippen LogP contribution in [0.15, 0.2) is 42.6 Å². The molecule has 1 aromatic carbocycles. The maximum absolute atomic E-state index is 13.8. The lowest BCUT2D eigenvalue weighted by Gasteiger charge is -2.32. The third-order valence-electron chi connectivity index (χ3n) is 4.86. The lowest BCUT2D eigenvalue weighted by atomic mass is 9.93. The molecule has 1 aromatic heterocycles. The zero-order valence-corrected chi connectivity index (χ0v) is 15.9. The van der Waals surface area contributed by atoms with Crippen molar-refractivity contribution in [2.24, 2.45) is 0 Å². The number of piperidine rings is 1. The van der Waals surface area contributed by atoms with Crippen molar-refractivity contribution in [2.45, 2.75) is 25.2 Å². The summed E-state index contributed by atoms with van der Waals surface area (Å²) in [5.74, 6) is 0.0529. The van der Waals surface area contributed by atoms with E-state index >= 15 is 0 Å². The molecule has 5 nitrogen and oxygen atoms in total. The SMILES string of the molecule is CN(C)S(=O)(=O)N1CCC(c2ccc(Cc3ccccc3F)cn2)CC1. The monoisotopic (exact) mass is 377 g/mol. The van der Waals surface area contributed by atoms with Gasteiger partial charge in [0.1, 0.15) is 5.82 Å². The molecule has 0 N–H and O–H groups in total. The summed E-state index contributed by atoms with van der Waals surface area (Å²) in [5.41, 5.74) is 2.60. The fourth-order valence-corrected chi connectivity index (χ4v) is 4.39. The van der Waals surface area contributed by atoms with Gasteiger partial charge >= 0.3 is 0 Å². The highest BCUT2D eigenvalue weighted by atomic mass is 32.2. The second kappa shape index (κ2) is 7.82. The van der Waals surface area contributed by atoms with E-state index in [1.54, 1.807) is 32.4 Å². The first-order chi connectivity index (χ1) is 12.4. The first kappa shape index (κ1) is 18.9. The Morgan fingerprint density at radius 3 is 2.42 bits per heavy atom. The summed E-state index contributed by atoms with van der Waals surface area (Å²) >= 11 is 0. The average Bonchev–Trinajstić information content (AvgIpc) is 2.64. The van der Waals surface area contributed by atoms with Crippen molar-refractivity contribution in [2.75, 3.05) is 27.2 Å². The molecule has 3 rings (SSSR count). The summed E-state index contributed by atoms with van der Waals surface area (Å²) in [7, 11) is -0.235. The molecular weight excluding hydrogens is 353 g/mol. The van der Waals surface area contributed by atoms with Crippen LogP contribution in [0.3, 0.4) is 0 Å². The van der Waals surface area contributed by atoms with Crippen LogP contribution in [0.1, 0.15) is 35.6 Å². The Balaban J connectivity index is 1.63. The van der Waals surface area contributed by atoms with Gasteiger partial charge in [-0.3, -0.25) is 4.98 Å². The van der Waals surface area contributed by atoms with Gasteiger partial charge < -0.3 is 0 Å². The highest BCUT2D eigenvalue weighted by molar-refractivity contribution is 7.86. The van der Waals surface area contributed by atoms with Crippen molar-refractivity contribution in [3.05, 3.63) is 65.2 Å². The minimum absolute atomic E-state index is 0.203. The van der Waals surface area contributed by atoms with Gasteiger partial charge in [0.2, 0.25) is 0 Å². The molecule has 2 aromatic rings. The Morgan fingerprint density at radius 2 is 1.85 bits per heavy atom. The van der Waals surface area contributed by atoms with Gasteiger partial charge in [0.05, 0.1) is 0 Å². The van der Waals surface area contributed by atoms with E-state index in [-0.39, 0.29) is 11.7 Å². The van der Waals surface area contributed by atoms with Gasteiger partial charge in [0.25, 0.3) is 10.2 Å². The van der Waals surface area contributed by atoms with Crippen molar-refractivity contribution < 1.29 is 12.8 Å². The number of nitrogens with zero attached hydrogens (tertiary/aromatic N) is 3. The smallest absolute Gasteiger partial charge is 0.261 e. The van der Waals surface area contributed by atoms with Crippen molar-refractivity contribution in [3.8, 4) is 0 Å². The lowest BCUT2D eigenvalue weighted by molar-refractivity contribution is 0.300. The van der Waals surface area contributed by atoms with E-state index in [0.29, 0.717) is 25.1 Å². The maximum Gasteiger partial charge on any atom is 0.281 e. The van der Waals surface area contributed by atoms with Crippen molar-refractivity contribution >= 4 is 10.2 Å². The summed E-state index contributed by atoms with van der Waals surface area (Å²) in [6.45, 7) is 1.01. The molecule has 140 valence electrons. The molecule has 1 fully saturated rings. The minimum atomic E-state index is -3.34. The van der Waals surface area contributed by atoms with E-state index in [9.17, 15) is 12.8 Å². The lowest BCUT2D eigenvalue weighted by Crippen LogP contribution is -2.44. The van der Waals surface area contributed by atoms with Gasteiger partial charge in [0.15, 0.2) is 0 Å². The molecule has 7 heteroatoms. The van der Waals surface area contributed by atoms with Gasteiger partial charge in [-0.25, -0.2) is 4.39 Å². The van der Waals surface area contributed by atoms with Crippen molar-refractivity contribution in [3.63, 3.8) is 0 Å². The number of halogens is 1. The third kappa shape index (κ3) is 4.11. The number of hydrogen-bond acceptors (Lipinski definition) is 3. The molecule has 1 aliphatic rings. The number of benzene rings is 1. The van der Waals surface area contributed by atoms with Crippen LogP contribution in [-0.2, 0) is 16.6 Å². The average molecular weight is 377 g/mol. The second-order valence-corrected chi connectivity index (χ2v) is 8.97. The molecule has 2 heterocycles. The molecule has 26 heavy (non-hydrogen) atoms. The standard InChI is InChI=1S/C19H24FN3O2S/c1-22(2)26(24,25)23-11-9-16(10-12-23)19-8-7-15(14-21-19)13-17-5-3-4-6-18(17)20/h3-8,14,16H,9-13H2,1-2H3. The number of aromatic nitrogens is 1. The topological polar surface area (TPSA) is 53.5 Å². The first-order valence-corrected chi connectivity index (χ1v) is 10.1. The van der Waals surface area contributed by atoms with Crippen LogP contribution in [0.5, 0.6) is 0 Å². The Bertz CT molecular complexity index is 845. The molecule has 0 saturated carbocycles. The predicted molar refractivity (Wildman–Crippen MR) is 99.6 cm³/mol. The molecule has 0 atom stereocenters. The van der Waals surface area contributed by atoms with E-state index in [1.807, 2.05) is 18.2 Å². The number of hydrogen-bond donors (Lipinski definition) is 0. The molecule has 1 aliphatic heterocycles. The van der Waals surface area contributed by atoms with Crippen LogP contribution >= 0.6 is 0 Å². The molecule has 1 saturated heterocycles. The molecule has 0 bridgehead atoms. The Kier molecular flexibility index (Phi) is 5.70. The van der Waals surface area contributed by atoms with Crippen LogP contribution in [0, 0.1) is 5.82 Å². The highest BCUT2D eigenvalue weighted by Gasteiger charge is 2.30. The summed E-state index contributed by atoms with van der Waals surface area (Å²) in [4.78, 5) is 4.55. The van der Waals surface area contributed by atoms with Gasteiger partial charge in [-0.15, -0.1) is 0 Å². The van der Waals surface area contributed by atoms with Crippen LogP contribution < -0.4 is 0 Å². The van der Waals surface area contributed by atoms with E-state index in [4.69, 9.17) is 0 Å². The highest BCUT2D eigenvalue weighted by Crippen LogP contribution is 2.28. The maximum atomic E-state index is 13.8. The molecule has 0 amide bonds.